The Morgan fingerprint density at radius 3 is 2.76 bits per heavy atom. The molecule has 0 atom stereocenters. The summed E-state index contributed by atoms with van der Waals surface area (Å²) < 4.78 is 0. The number of amides is 1. The molecule has 1 aliphatic rings. The standard InChI is InChI=1S/C17H17ClN2O/c18-15-10-12(19)8-9-14(15)17(21)20-16-7-3-5-11-4-1-2-6-13(11)16/h3,5,7-10H,1-2,4,6,19H2,(H,20,21). The largest absolute Gasteiger partial charge is 0.399 e. The molecular weight excluding hydrogens is 284 g/mol. The maximum absolute atomic E-state index is 12.4. The van der Waals surface area contributed by atoms with Crippen molar-refractivity contribution in [3.63, 3.8) is 0 Å². The molecule has 108 valence electrons. The van der Waals surface area contributed by atoms with E-state index < -0.39 is 0 Å². The molecule has 0 heterocycles. The van der Waals surface area contributed by atoms with Gasteiger partial charge in [0.1, 0.15) is 0 Å². The van der Waals surface area contributed by atoms with Crippen LogP contribution in [0, 0.1) is 0 Å². The van der Waals surface area contributed by atoms with E-state index in [2.05, 4.69) is 11.4 Å². The molecule has 0 aliphatic heterocycles. The van der Waals surface area contributed by atoms with Crippen molar-refractivity contribution >= 4 is 28.9 Å². The van der Waals surface area contributed by atoms with Crippen molar-refractivity contribution < 1.29 is 4.79 Å². The fraction of sp³-hybridized carbons (Fsp3) is 0.235. The first kappa shape index (κ1) is 14.0. The van der Waals surface area contributed by atoms with Crippen molar-refractivity contribution in [2.24, 2.45) is 0 Å². The molecule has 0 spiro atoms. The van der Waals surface area contributed by atoms with Crippen LogP contribution in [-0.2, 0) is 12.8 Å². The number of benzene rings is 2. The van der Waals surface area contributed by atoms with E-state index in [1.807, 2.05) is 12.1 Å². The average molecular weight is 301 g/mol. The minimum atomic E-state index is -0.195. The van der Waals surface area contributed by atoms with Crippen LogP contribution in [0.5, 0.6) is 0 Å². The maximum Gasteiger partial charge on any atom is 0.257 e. The number of halogens is 1. The third-order valence-electron chi connectivity index (χ3n) is 3.88. The molecule has 2 aromatic rings. The topological polar surface area (TPSA) is 55.1 Å². The molecule has 1 amide bonds. The molecule has 0 saturated carbocycles. The second kappa shape index (κ2) is 5.78. The summed E-state index contributed by atoms with van der Waals surface area (Å²) in [4.78, 5) is 12.4. The van der Waals surface area contributed by atoms with Crippen molar-refractivity contribution in [3.8, 4) is 0 Å². The fourth-order valence-electron chi connectivity index (χ4n) is 2.80. The van der Waals surface area contributed by atoms with Crippen molar-refractivity contribution in [3.05, 3.63) is 58.1 Å². The molecule has 1 aliphatic carbocycles. The number of rotatable bonds is 2. The van der Waals surface area contributed by atoms with Crippen LogP contribution in [0.4, 0.5) is 11.4 Å². The molecule has 2 aromatic carbocycles. The first-order valence-corrected chi connectivity index (χ1v) is 7.50. The van der Waals surface area contributed by atoms with Gasteiger partial charge < -0.3 is 11.1 Å². The summed E-state index contributed by atoms with van der Waals surface area (Å²) in [7, 11) is 0. The van der Waals surface area contributed by atoms with Crippen LogP contribution in [0.3, 0.4) is 0 Å². The molecule has 3 nitrogen and oxygen atoms in total. The van der Waals surface area contributed by atoms with E-state index in [1.54, 1.807) is 18.2 Å². The van der Waals surface area contributed by atoms with Crippen molar-refractivity contribution in [2.45, 2.75) is 25.7 Å². The zero-order chi connectivity index (χ0) is 14.8. The van der Waals surface area contributed by atoms with Crippen molar-refractivity contribution in [1.82, 2.24) is 0 Å². The summed E-state index contributed by atoms with van der Waals surface area (Å²) in [5.74, 6) is -0.195. The van der Waals surface area contributed by atoms with Crippen LogP contribution >= 0.6 is 11.6 Å². The second-order valence-electron chi connectivity index (χ2n) is 5.34. The third kappa shape index (κ3) is 2.88. The van der Waals surface area contributed by atoms with E-state index in [9.17, 15) is 4.79 Å². The lowest BCUT2D eigenvalue weighted by Gasteiger charge is -2.19. The van der Waals surface area contributed by atoms with E-state index in [0.717, 1.165) is 18.5 Å². The quantitative estimate of drug-likeness (QED) is 0.822. The summed E-state index contributed by atoms with van der Waals surface area (Å²) in [5, 5.41) is 3.35. The number of nitrogens with two attached hydrogens (primary N) is 1. The number of carbonyl (C=O) groups excluding carboxylic acids is 1. The summed E-state index contributed by atoms with van der Waals surface area (Å²) in [6.07, 6.45) is 4.49. The number of fused-ring (bicyclic) bond motifs is 1. The van der Waals surface area contributed by atoms with E-state index in [-0.39, 0.29) is 5.91 Å². The van der Waals surface area contributed by atoms with Crippen LogP contribution in [-0.4, -0.2) is 5.91 Å². The van der Waals surface area contributed by atoms with E-state index in [0.29, 0.717) is 16.3 Å². The van der Waals surface area contributed by atoms with Crippen LogP contribution < -0.4 is 11.1 Å². The Morgan fingerprint density at radius 1 is 1.14 bits per heavy atom. The number of nitrogens with one attached hydrogen (secondary N) is 1. The minimum absolute atomic E-state index is 0.195. The molecule has 21 heavy (non-hydrogen) atoms. The molecule has 0 bridgehead atoms. The number of hydrogen-bond acceptors (Lipinski definition) is 2. The third-order valence-corrected chi connectivity index (χ3v) is 4.19. The lowest BCUT2D eigenvalue weighted by atomic mass is 9.90. The van der Waals surface area contributed by atoms with E-state index >= 15 is 0 Å². The number of carbonyl (C=O) groups is 1. The number of hydrogen-bond donors (Lipinski definition) is 2. The van der Waals surface area contributed by atoms with Gasteiger partial charge in [-0.25, -0.2) is 0 Å². The molecule has 0 saturated heterocycles. The smallest absolute Gasteiger partial charge is 0.257 e. The van der Waals surface area contributed by atoms with Crippen LogP contribution in [0.25, 0.3) is 0 Å². The molecule has 0 aromatic heterocycles. The lowest BCUT2D eigenvalue weighted by molar-refractivity contribution is 0.102. The van der Waals surface area contributed by atoms with Gasteiger partial charge in [-0.05, 0) is 61.1 Å². The first-order valence-electron chi connectivity index (χ1n) is 7.12. The van der Waals surface area contributed by atoms with Crippen LogP contribution in [0.15, 0.2) is 36.4 Å². The van der Waals surface area contributed by atoms with Gasteiger partial charge in [0.25, 0.3) is 5.91 Å². The molecule has 3 rings (SSSR count). The van der Waals surface area contributed by atoms with Gasteiger partial charge in [-0.15, -0.1) is 0 Å². The Morgan fingerprint density at radius 2 is 1.95 bits per heavy atom. The molecule has 0 unspecified atom stereocenters. The van der Waals surface area contributed by atoms with E-state index in [1.165, 1.54) is 24.0 Å². The first-order chi connectivity index (χ1) is 10.1. The van der Waals surface area contributed by atoms with Crippen LogP contribution in [0.1, 0.15) is 34.3 Å². The number of nitrogen functional groups attached to an aromatic ring is 1. The molecule has 4 heteroatoms. The van der Waals surface area contributed by atoms with Gasteiger partial charge in [-0.1, -0.05) is 23.7 Å². The molecule has 0 radical (unpaired) electrons. The zero-order valence-electron chi connectivity index (χ0n) is 11.7. The van der Waals surface area contributed by atoms with Crippen molar-refractivity contribution in [1.29, 1.82) is 0 Å². The normalized spacial score (nSPS) is 13.6. The summed E-state index contributed by atoms with van der Waals surface area (Å²) in [5.41, 5.74) is 10.1. The van der Waals surface area contributed by atoms with Gasteiger partial charge in [0, 0.05) is 11.4 Å². The summed E-state index contributed by atoms with van der Waals surface area (Å²) >= 11 is 6.09. The van der Waals surface area contributed by atoms with Gasteiger partial charge in [-0.2, -0.15) is 0 Å². The van der Waals surface area contributed by atoms with Crippen LogP contribution in [0.2, 0.25) is 5.02 Å². The Bertz CT molecular complexity index is 697. The molecule has 0 fully saturated rings. The maximum atomic E-state index is 12.4. The Hall–Kier alpha value is -2.00. The van der Waals surface area contributed by atoms with Gasteiger partial charge in [0.05, 0.1) is 10.6 Å². The average Bonchev–Trinajstić information content (AvgIpc) is 2.47. The van der Waals surface area contributed by atoms with Gasteiger partial charge >= 0.3 is 0 Å². The molecule has 3 N–H and O–H groups in total. The highest BCUT2D eigenvalue weighted by atomic mass is 35.5. The Labute approximate surface area is 129 Å². The SMILES string of the molecule is Nc1ccc(C(=O)Nc2cccc3c2CCCC3)c(Cl)c1. The monoisotopic (exact) mass is 300 g/mol. The summed E-state index contributed by atoms with van der Waals surface area (Å²) in [6, 6.07) is 11.0. The number of aryl methyl sites for hydroxylation is 1. The van der Waals surface area contributed by atoms with Crippen molar-refractivity contribution in [2.75, 3.05) is 11.1 Å². The highest BCUT2D eigenvalue weighted by Crippen LogP contribution is 2.29. The Balaban J connectivity index is 1.88. The Kier molecular flexibility index (Phi) is 3.84. The molecular formula is C17H17ClN2O. The van der Waals surface area contributed by atoms with E-state index in [4.69, 9.17) is 17.3 Å². The van der Waals surface area contributed by atoms with Gasteiger partial charge in [0.2, 0.25) is 0 Å². The van der Waals surface area contributed by atoms with Gasteiger partial charge in [0.15, 0.2) is 0 Å². The minimum Gasteiger partial charge on any atom is -0.399 e. The zero-order valence-corrected chi connectivity index (χ0v) is 12.4. The second-order valence-corrected chi connectivity index (χ2v) is 5.75. The highest BCUT2D eigenvalue weighted by molar-refractivity contribution is 6.34. The lowest BCUT2D eigenvalue weighted by Crippen LogP contribution is -2.16. The number of anilines is 2. The van der Waals surface area contributed by atoms with Gasteiger partial charge in [-0.3, -0.25) is 4.79 Å². The highest BCUT2D eigenvalue weighted by Gasteiger charge is 2.16. The predicted molar refractivity (Wildman–Crippen MR) is 86.9 cm³/mol. The predicted octanol–water partition coefficient (Wildman–Crippen LogP) is 4.05. The fourth-order valence-corrected chi connectivity index (χ4v) is 3.08. The summed E-state index contributed by atoms with van der Waals surface area (Å²) in [6.45, 7) is 0.